The highest BCUT2D eigenvalue weighted by atomic mass is 19.3. The number of nitrogens with zero attached hydrogens (tertiary/aromatic N) is 3. The molecule has 0 bridgehead atoms. The van der Waals surface area contributed by atoms with Crippen LogP contribution in [0.5, 0.6) is 11.5 Å². The van der Waals surface area contributed by atoms with Gasteiger partial charge in [-0.25, -0.2) is 4.98 Å². The predicted octanol–water partition coefficient (Wildman–Crippen LogP) is 3.98. The Balaban J connectivity index is 0.00000205. The molecule has 1 aromatic carbocycles. The molecule has 1 aliphatic carbocycles. The number of carbonyl (C=O) groups is 1. The second-order valence-corrected chi connectivity index (χ2v) is 9.23. The molecule has 2 heterocycles. The van der Waals surface area contributed by atoms with Gasteiger partial charge in [0.2, 0.25) is 5.89 Å². The molecule has 0 unspecified atom stereocenters. The van der Waals surface area contributed by atoms with Crippen LogP contribution in [0.2, 0.25) is 0 Å². The Morgan fingerprint density at radius 2 is 1.97 bits per heavy atom. The number of nitrogens with two attached hydrogens (primary N) is 1. The fourth-order valence-electron chi connectivity index (χ4n) is 4.07. The highest BCUT2D eigenvalue weighted by molar-refractivity contribution is 5.94. The van der Waals surface area contributed by atoms with Gasteiger partial charge in [0.15, 0.2) is 23.0 Å². The number of methoxy groups -OCH3 is 1. The predicted molar refractivity (Wildman–Crippen MR) is 141 cm³/mol. The fourth-order valence-corrected chi connectivity index (χ4v) is 4.07. The normalized spacial score (nSPS) is 17.6. The zero-order chi connectivity index (χ0) is 28.4. The smallest absolute Gasteiger partial charge is 0.387 e. The van der Waals surface area contributed by atoms with E-state index in [1.165, 1.54) is 18.2 Å². The lowest BCUT2D eigenvalue weighted by Crippen LogP contribution is -2.54. The summed E-state index contributed by atoms with van der Waals surface area (Å²) in [6, 6.07) is 4.53. The number of carbonyl (C=O) groups excluding carboxylic acids is 1. The number of oxazole rings is 1. The first-order chi connectivity index (χ1) is 18.9. The molecule has 1 saturated carbocycles. The Bertz CT molecular complexity index is 1050. The third kappa shape index (κ3) is 8.59. The molecule has 12 heteroatoms. The maximum Gasteiger partial charge on any atom is 0.387 e. The number of amides is 1. The molecule has 2 fully saturated rings. The maximum atomic E-state index is 13.4. The van der Waals surface area contributed by atoms with E-state index in [4.69, 9.17) is 24.4 Å². The van der Waals surface area contributed by atoms with Crippen LogP contribution < -0.4 is 15.2 Å². The summed E-state index contributed by atoms with van der Waals surface area (Å²) in [5.74, 6) is 0.651. The lowest BCUT2D eigenvalue weighted by atomic mass is 10.2. The van der Waals surface area contributed by atoms with Crippen molar-refractivity contribution in [1.29, 1.82) is 0 Å². The molecule has 39 heavy (non-hydrogen) atoms. The van der Waals surface area contributed by atoms with Crippen LogP contribution in [0.25, 0.3) is 11.5 Å². The summed E-state index contributed by atoms with van der Waals surface area (Å²) in [6.45, 7) is 6.58. The van der Waals surface area contributed by atoms with E-state index in [9.17, 15) is 13.6 Å². The summed E-state index contributed by atoms with van der Waals surface area (Å²) < 4.78 is 52.5. The molecule has 4 rings (SSSR count). The van der Waals surface area contributed by atoms with E-state index < -0.39 is 6.61 Å². The number of hydrogen-bond acceptors (Lipinski definition) is 9. The monoisotopic (exact) mass is 554 g/mol. The quantitative estimate of drug-likeness (QED) is 0.367. The van der Waals surface area contributed by atoms with Crippen LogP contribution in [-0.4, -0.2) is 86.6 Å². The average molecular weight is 555 g/mol. The van der Waals surface area contributed by atoms with Crippen molar-refractivity contribution in [2.45, 2.75) is 52.8 Å². The molecular formula is C27H40F2N4O6. The standard InChI is InChI=1S/C25H34F2N4O6.C2H6/c1-16-13-30(7-8-31(16)15-34-10-9-33-2)24(32)22-21(12-28)36-23(29-22)18-5-6-19(37-25(26)27)20(11-18)35-14-17-3-4-17;1-2/h5-6,11,16-17,25H,3-4,7-10,12-15,28H2,1-2H3;1-2H3/t16-;/m1./s1. The van der Waals surface area contributed by atoms with E-state index >= 15 is 0 Å². The van der Waals surface area contributed by atoms with E-state index in [0.29, 0.717) is 57.7 Å². The van der Waals surface area contributed by atoms with Gasteiger partial charge in [0.05, 0.1) is 33.1 Å². The number of piperazine rings is 1. The third-order valence-electron chi connectivity index (χ3n) is 6.40. The number of ether oxygens (including phenoxy) is 4. The van der Waals surface area contributed by atoms with Gasteiger partial charge >= 0.3 is 6.61 Å². The minimum absolute atomic E-state index is 0.0193. The highest BCUT2D eigenvalue weighted by Crippen LogP contribution is 2.36. The van der Waals surface area contributed by atoms with Crippen LogP contribution in [0.4, 0.5) is 8.78 Å². The molecule has 1 saturated heterocycles. The minimum atomic E-state index is -2.98. The summed E-state index contributed by atoms with van der Waals surface area (Å²) in [5.41, 5.74) is 6.47. The second-order valence-electron chi connectivity index (χ2n) is 9.23. The van der Waals surface area contributed by atoms with Gasteiger partial charge in [-0.1, -0.05) is 13.8 Å². The Kier molecular flexibility index (Phi) is 11.9. The lowest BCUT2D eigenvalue weighted by molar-refractivity contribution is -0.0515. The number of alkyl halides is 2. The Labute approximate surface area is 228 Å². The minimum Gasteiger partial charge on any atom is -0.489 e. The summed E-state index contributed by atoms with van der Waals surface area (Å²) in [4.78, 5) is 21.7. The van der Waals surface area contributed by atoms with E-state index in [2.05, 4.69) is 14.6 Å². The van der Waals surface area contributed by atoms with Crippen LogP contribution in [0.15, 0.2) is 22.6 Å². The van der Waals surface area contributed by atoms with Gasteiger partial charge in [-0.15, -0.1) is 0 Å². The third-order valence-corrected chi connectivity index (χ3v) is 6.40. The van der Waals surface area contributed by atoms with Gasteiger partial charge < -0.3 is 34.0 Å². The molecule has 1 amide bonds. The van der Waals surface area contributed by atoms with Crippen molar-refractivity contribution in [3.8, 4) is 23.0 Å². The average Bonchev–Trinajstić information content (AvgIpc) is 3.67. The number of rotatable bonds is 13. The first-order valence-electron chi connectivity index (χ1n) is 13.4. The van der Waals surface area contributed by atoms with Gasteiger partial charge in [-0.3, -0.25) is 9.69 Å². The highest BCUT2D eigenvalue weighted by Gasteiger charge is 2.31. The Morgan fingerprint density at radius 3 is 2.62 bits per heavy atom. The van der Waals surface area contributed by atoms with E-state index in [-0.39, 0.29) is 47.3 Å². The first-order valence-corrected chi connectivity index (χ1v) is 13.4. The van der Waals surface area contributed by atoms with E-state index in [0.717, 1.165) is 12.8 Å². The zero-order valence-electron chi connectivity index (χ0n) is 23.2. The van der Waals surface area contributed by atoms with Crippen molar-refractivity contribution >= 4 is 5.91 Å². The molecule has 218 valence electrons. The van der Waals surface area contributed by atoms with Gasteiger partial charge in [0.1, 0.15) is 0 Å². The second kappa shape index (κ2) is 15.1. The Morgan fingerprint density at radius 1 is 1.21 bits per heavy atom. The van der Waals surface area contributed by atoms with Crippen molar-refractivity contribution in [2.24, 2.45) is 11.7 Å². The van der Waals surface area contributed by atoms with Crippen molar-refractivity contribution in [3.63, 3.8) is 0 Å². The lowest BCUT2D eigenvalue weighted by Gasteiger charge is -2.39. The van der Waals surface area contributed by atoms with Crippen LogP contribution in [0, 0.1) is 5.92 Å². The fraction of sp³-hybridized carbons (Fsp3) is 0.630. The maximum absolute atomic E-state index is 13.4. The summed E-state index contributed by atoms with van der Waals surface area (Å²) in [5, 5.41) is 0. The van der Waals surface area contributed by atoms with Gasteiger partial charge in [0, 0.05) is 38.3 Å². The number of halogens is 2. The topological polar surface area (TPSA) is 113 Å². The molecular weight excluding hydrogens is 514 g/mol. The van der Waals surface area contributed by atoms with Crippen molar-refractivity contribution in [3.05, 3.63) is 29.7 Å². The summed E-state index contributed by atoms with van der Waals surface area (Å²) >= 11 is 0. The Hall–Kier alpha value is -2.80. The largest absolute Gasteiger partial charge is 0.489 e. The molecule has 1 aliphatic heterocycles. The molecule has 10 nitrogen and oxygen atoms in total. The molecule has 1 atom stereocenters. The molecule has 0 radical (unpaired) electrons. The SMILES string of the molecule is CC.COCCOCN1CCN(C(=O)c2nc(-c3ccc(OC(F)F)c(OCC4CC4)c3)oc2CN)C[C@H]1C. The molecule has 1 aromatic heterocycles. The van der Waals surface area contributed by atoms with Crippen molar-refractivity contribution in [1.82, 2.24) is 14.8 Å². The number of hydrogen-bond donors (Lipinski definition) is 1. The number of aromatic nitrogens is 1. The zero-order valence-corrected chi connectivity index (χ0v) is 23.2. The van der Waals surface area contributed by atoms with Gasteiger partial charge in [0.25, 0.3) is 5.91 Å². The van der Waals surface area contributed by atoms with E-state index in [1.54, 1.807) is 12.0 Å². The molecule has 2 N–H and O–H groups in total. The van der Waals surface area contributed by atoms with Crippen LogP contribution >= 0.6 is 0 Å². The molecule has 0 spiro atoms. The van der Waals surface area contributed by atoms with E-state index in [1.807, 2.05) is 20.8 Å². The molecule has 2 aromatic rings. The van der Waals surface area contributed by atoms with Gasteiger partial charge in [-0.2, -0.15) is 8.78 Å². The van der Waals surface area contributed by atoms with Crippen LogP contribution in [-0.2, 0) is 16.0 Å². The first kappa shape index (κ1) is 30.7. The summed E-state index contributed by atoms with van der Waals surface area (Å²) in [7, 11) is 1.63. The van der Waals surface area contributed by atoms with Crippen molar-refractivity contribution in [2.75, 3.05) is 53.3 Å². The van der Waals surface area contributed by atoms with Crippen LogP contribution in [0.3, 0.4) is 0 Å². The summed E-state index contributed by atoms with van der Waals surface area (Å²) in [6.07, 6.45) is 2.09. The molecule has 2 aliphatic rings. The number of benzene rings is 1. The van der Waals surface area contributed by atoms with Gasteiger partial charge in [-0.05, 0) is 43.9 Å². The van der Waals surface area contributed by atoms with Crippen LogP contribution in [0.1, 0.15) is 49.9 Å². The van der Waals surface area contributed by atoms with Crippen molar-refractivity contribution < 1.29 is 36.9 Å².